The van der Waals surface area contributed by atoms with Crippen LogP contribution in [0.5, 0.6) is 0 Å². The molecule has 4 rings (SSSR count). The maximum absolute atomic E-state index is 12.6. The number of nitrogens with one attached hydrogen (secondary N) is 2. The summed E-state index contributed by atoms with van der Waals surface area (Å²) >= 11 is 5.29. The van der Waals surface area contributed by atoms with E-state index in [1.165, 1.54) is 0 Å². The minimum absolute atomic E-state index is 0. The van der Waals surface area contributed by atoms with Crippen molar-refractivity contribution in [2.75, 3.05) is 23.4 Å². The Labute approximate surface area is 222 Å². The first-order chi connectivity index (χ1) is 16.4. The molecular weight excluding hydrogens is 497 g/mol. The number of anilines is 1. The van der Waals surface area contributed by atoms with Crippen LogP contribution in [0.4, 0.5) is 5.69 Å². The molecule has 0 spiro atoms. The third-order valence-electron chi connectivity index (χ3n) is 6.23. The molecule has 3 N–H and O–H groups in total. The maximum Gasteiger partial charge on any atom is 0.224 e. The van der Waals surface area contributed by atoms with Crippen LogP contribution in [0.1, 0.15) is 64.5 Å². The molecule has 1 unspecified atom stereocenters. The topological polar surface area (TPSA) is 78.4 Å². The van der Waals surface area contributed by atoms with Crippen LogP contribution in [0.15, 0.2) is 52.3 Å². The van der Waals surface area contributed by atoms with Gasteiger partial charge in [0.25, 0.3) is 0 Å². The number of hydrogen-bond donors (Lipinski definition) is 3. The van der Waals surface area contributed by atoms with Crippen molar-refractivity contribution in [2.45, 2.75) is 72.8 Å². The van der Waals surface area contributed by atoms with E-state index in [0.29, 0.717) is 25.1 Å². The van der Waals surface area contributed by atoms with Crippen LogP contribution in [0.3, 0.4) is 0 Å². The summed E-state index contributed by atoms with van der Waals surface area (Å²) in [4.78, 5) is 26.4. The molecule has 0 aromatic heterocycles. The van der Waals surface area contributed by atoms with Gasteiger partial charge in [-0.2, -0.15) is 0 Å². The molecule has 190 valence electrons. The fraction of sp³-hybridized carbons (Fsp3) is 0.481. The van der Waals surface area contributed by atoms with E-state index in [-0.39, 0.29) is 25.7 Å². The van der Waals surface area contributed by atoms with Crippen LogP contribution in [0, 0.1) is 0 Å². The lowest BCUT2D eigenvalue weighted by molar-refractivity contribution is -0.121. The largest absolute Gasteiger partial charge is 0.378 e. The van der Waals surface area contributed by atoms with Crippen molar-refractivity contribution in [3.05, 3.63) is 53.6 Å². The van der Waals surface area contributed by atoms with Gasteiger partial charge in [0.2, 0.25) is 11.8 Å². The number of fused-ring (bicyclic) bond motifs is 2. The van der Waals surface area contributed by atoms with Crippen molar-refractivity contribution >= 4 is 52.8 Å². The van der Waals surface area contributed by atoms with Crippen LogP contribution in [0.25, 0.3) is 0 Å². The maximum atomic E-state index is 12.6. The minimum atomic E-state index is -1.18. The Morgan fingerprint density at radius 1 is 1.00 bits per heavy atom. The second-order valence-electron chi connectivity index (χ2n) is 8.77. The summed E-state index contributed by atoms with van der Waals surface area (Å²) < 4.78 is -0.439. The van der Waals surface area contributed by atoms with Gasteiger partial charge in [0.15, 0.2) is 0 Å². The number of aliphatic hydroxyl groups is 1. The highest BCUT2D eigenvalue weighted by atomic mass is 32.2. The molecule has 0 bridgehead atoms. The van der Waals surface area contributed by atoms with Gasteiger partial charge in [0.1, 0.15) is 5.60 Å². The molecule has 2 aromatic rings. The molecule has 2 aliphatic rings. The molecule has 0 aliphatic carbocycles. The van der Waals surface area contributed by atoms with Crippen LogP contribution < -0.4 is 10.6 Å². The predicted octanol–water partition coefficient (Wildman–Crippen LogP) is 6.24. The summed E-state index contributed by atoms with van der Waals surface area (Å²) in [7, 11) is 0. The van der Waals surface area contributed by atoms with Gasteiger partial charge >= 0.3 is 0 Å². The molecule has 2 aromatic carbocycles. The normalized spacial score (nSPS) is 20.1. The fourth-order valence-corrected chi connectivity index (χ4v) is 8.81. The van der Waals surface area contributed by atoms with Crippen molar-refractivity contribution in [1.29, 1.82) is 0 Å². The zero-order chi connectivity index (χ0) is 24.2. The monoisotopic (exact) mass is 532 g/mol. The van der Waals surface area contributed by atoms with Crippen LogP contribution in [-0.4, -0.2) is 39.1 Å². The van der Waals surface area contributed by atoms with Gasteiger partial charge < -0.3 is 15.7 Å². The fourth-order valence-electron chi connectivity index (χ4n) is 4.42. The number of hydrogen-bond acceptors (Lipinski definition) is 6. The first-order valence-electron chi connectivity index (χ1n) is 11.9. The number of carbonyl (C=O) groups excluding carboxylic acids is 2. The molecule has 35 heavy (non-hydrogen) atoms. The number of rotatable bonds is 8. The number of amides is 2. The second kappa shape index (κ2) is 12.1. The summed E-state index contributed by atoms with van der Waals surface area (Å²) in [6, 6.07) is 13.9. The minimum Gasteiger partial charge on any atom is -0.378 e. The Hall–Kier alpha value is -1.61. The zero-order valence-corrected chi connectivity index (χ0v) is 22.1. The van der Waals surface area contributed by atoms with Crippen LogP contribution >= 0.6 is 35.3 Å². The van der Waals surface area contributed by atoms with Crippen molar-refractivity contribution in [3.8, 4) is 0 Å². The Morgan fingerprint density at radius 2 is 1.69 bits per heavy atom. The first kappa shape index (κ1) is 28.0. The van der Waals surface area contributed by atoms with Gasteiger partial charge in [0, 0.05) is 46.0 Å². The van der Waals surface area contributed by atoms with Gasteiger partial charge in [-0.3, -0.25) is 9.59 Å². The quantitative estimate of drug-likeness (QED) is 0.373. The lowest BCUT2D eigenvalue weighted by Crippen LogP contribution is -2.49. The van der Waals surface area contributed by atoms with E-state index in [1.807, 2.05) is 66.8 Å². The predicted molar refractivity (Wildman–Crippen MR) is 150 cm³/mol. The van der Waals surface area contributed by atoms with E-state index < -0.39 is 9.68 Å². The first-order valence-corrected chi connectivity index (χ1v) is 14.6. The summed E-state index contributed by atoms with van der Waals surface area (Å²) in [6.45, 7) is 4.82. The van der Waals surface area contributed by atoms with Crippen molar-refractivity contribution < 1.29 is 14.7 Å². The van der Waals surface area contributed by atoms with Gasteiger partial charge in [-0.25, -0.2) is 0 Å². The molecule has 2 heterocycles. The average molecular weight is 533 g/mol. The molecular formula is C27H36N2O3S3. The summed E-state index contributed by atoms with van der Waals surface area (Å²) in [6.07, 6.45) is 3.16. The Kier molecular flexibility index (Phi) is 9.66. The summed E-state index contributed by atoms with van der Waals surface area (Å²) in [5.41, 5.74) is 1.26. The van der Waals surface area contributed by atoms with Crippen LogP contribution in [0.2, 0.25) is 0 Å². The SMILES string of the molecule is C.CCCNC(=O)CCCC(=O)Nc1ccc2c(c1)C(O)(C1(C)SCCCS1)c1ccccc1S2. The van der Waals surface area contributed by atoms with Gasteiger partial charge in [0.05, 0.1) is 4.08 Å². The third-order valence-corrected chi connectivity index (χ3v) is 10.8. The number of thioether (sulfide) groups is 2. The zero-order valence-electron chi connectivity index (χ0n) is 19.7. The standard InChI is InChI=1S/C26H32N2O3S3.CH4/c1-3-14-27-23(29)10-6-11-24(30)28-18-12-13-22-20(17-18)26(31,25(2)32-15-7-16-33-25)19-8-4-5-9-21(19)34-22;/h4-5,8-9,12-13,17,31H,3,6-7,10-11,14-16H2,1-2H3,(H,27,29)(H,28,30);1H4. The lowest BCUT2D eigenvalue weighted by Gasteiger charge is -2.49. The number of benzene rings is 2. The van der Waals surface area contributed by atoms with E-state index in [9.17, 15) is 14.7 Å². The molecule has 1 atom stereocenters. The second-order valence-corrected chi connectivity index (χ2v) is 13.1. The Morgan fingerprint density at radius 3 is 2.43 bits per heavy atom. The summed E-state index contributed by atoms with van der Waals surface area (Å²) in [5, 5.41) is 18.3. The van der Waals surface area contributed by atoms with E-state index in [2.05, 4.69) is 23.6 Å². The van der Waals surface area contributed by atoms with Crippen molar-refractivity contribution in [3.63, 3.8) is 0 Å². The van der Waals surface area contributed by atoms with E-state index in [1.54, 1.807) is 11.8 Å². The highest BCUT2D eigenvalue weighted by Crippen LogP contribution is 2.61. The molecule has 0 saturated carbocycles. The molecule has 8 heteroatoms. The summed E-state index contributed by atoms with van der Waals surface area (Å²) in [5.74, 6) is 1.89. The smallest absolute Gasteiger partial charge is 0.224 e. The molecule has 0 radical (unpaired) electrons. The van der Waals surface area contributed by atoms with Gasteiger partial charge in [-0.15, -0.1) is 23.5 Å². The molecule has 1 fully saturated rings. The highest BCUT2D eigenvalue weighted by molar-refractivity contribution is 8.18. The van der Waals surface area contributed by atoms with Crippen LogP contribution in [-0.2, 0) is 15.2 Å². The Bertz CT molecular complexity index is 1060. The van der Waals surface area contributed by atoms with E-state index in [4.69, 9.17) is 0 Å². The third kappa shape index (κ3) is 5.87. The molecule has 2 amide bonds. The Balaban J connectivity index is 0.00000342. The highest BCUT2D eigenvalue weighted by Gasteiger charge is 2.54. The van der Waals surface area contributed by atoms with Crippen molar-refractivity contribution in [2.24, 2.45) is 0 Å². The van der Waals surface area contributed by atoms with Gasteiger partial charge in [-0.1, -0.05) is 44.3 Å². The van der Waals surface area contributed by atoms with E-state index in [0.717, 1.165) is 45.3 Å². The number of carbonyl (C=O) groups is 2. The molecule has 5 nitrogen and oxygen atoms in total. The van der Waals surface area contributed by atoms with Gasteiger partial charge in [-0.05, 0) is 62.0 Å². The average Bonchev–Trinajstić information content (AvgIpc) is 2.83. The van der Waals surface area contributed by atoms with E-state index >= 15 is 0 Å². The molecule has 1 saturated heterocycles. The van der Waals surface area contributed by atoms with Crippen molar-refractivity contribution in [1.82, 2.24) is 5.32 Å². The molecule has 2 aliphatic heterocycles. The lowest BCUT2D eigenvalue weighted by atomic mass is 9.82.